The Bertz CT molecular complexity index is 1310. The maximum absolute atomic E-state index is 12.9. The molecule has 174 valence electrons. The minimum atomic E-state index is -3.85. The van der Waals surface area contributed by atoms with Crippen LogP contribution in [0.15, 0.2) is 39.1 Å². The molecular weight excluding hydrogens is 466 g/mol. The highest BCUT2D eigenvalue weighted by Gasteiger charge is 2.31. The van der Waals surface area contributed by atoms with E-state index >= 15 is 0 Å². The number of amides is 1. The number of aryl methyl sites for hydroxylation is 1. The van der Waals surface area contributed by atoms with E-state index in [9.17, 15) is 13.2 Å². The van der Waals surface area contributed by atoms with Gasteiger partial charge in [-0.25, -0.2) is 8.42 Å². The SMILES string of the molecule is COc1ccc(OC)c(NS(=O)(=O)c2ccc(C=Cc3onc(C)c3NC(=O)C3CC3)s2)c1. The molecule has 1 fully saturated rings. The zero-order valence-corrected chi connectivity index (χ0v) is 19.9. The molecule has 1 aliphatic rings. The second-order valence-electron chi connectivity index (χ2n) is 7.43. The van der Waals surface area contributed by atoms with Gasteiger partial charge in [0.15, 0.2) is 5.76 Å². The number of hydrogen-bond acceptors (Lipinski definition) is 8. The second kappa shape index (κ2) is 9.28. The van der Waals surface area contributed by atoms with Crippen molar-refractivity contribution in [3.63, 3.8) is 0 Å². The molecule has 4 rings (SSSR count). The van der Waals surface area contributed by atoms with Crippen molar-refractivity contribution in [1.82, 2.24) is 5.16 Å². The van der Waals surface area contributed by atoms with E-state index in [2.05, 4.69) is 15.2 Å². The van der Waals surface area contributed by atoms with E-state index in [1.165, 1.54) is 20.3 Å². The fraction of sp³-hybridized carbons (Fsp3) is 0.273. The van der Waals surface area contributed by atoms with Gasteiger partial charge in [-0.1, -0.05) is 5.16 Å². The molecule has 1 aromatic carbocycles. The number of carbonyl (C=O) groups is 1. The molecule has 1 amide bonds. The molecule has 2 N–H and O–H groups in total. The number of thiophene rings is 1. The van der Waals surface area contributed by atoms with Crippen LogP contribution in [0.2, 0.25) is 0 Å². The second-order valence-corrected chi connectivity index (χ2v) is 10.5. The van der Waals surface area contributed by atoms with Crippen molar-refractivity contribution < 1.29 is 27.2 Å². The molecule has 9 nitrogen and oxygen atoms in total. The largest absolute Gasteiger partial charge is 0.497 e. The van der Waals surface area contributed by atoms with Crippen LogP contribution in [0.5, 0.6) is 11.5 Å². The lowest BCUT2D eigenvalue weighted by Gasteiger charge is -2.12. The Balaban J connectivity index is 1.51. The first-order valence-electron chi connectivity index (χ1n) is 10.1. The van der Waals surface area contributed by atoms with Crippen molar-refractivity contribution in [3.05, 3.63) is 46.7 Å². The van der Waals surface area contributed by atoms with Crippen molar-refractivity contribution in [2.45, 2.75) is 24.0 Å². The van der Waals surface area contributed by atoms with Crippen LogP contribution in [0.1, 0.15) is 29.2 Å². The molecule has 0 atom stereocenters. The van der Waals surface area contributed by atoms with E-state index in [1.54, 1.807) is 43.3 Å². The number of nitrogens with one attached hydrogen (secondary N) is 2. The number of carbonyl (C=O) groups excluding carboxylic acids is 1. The molecule has 0 radical (unpaired) electrons. The van der Waals surface area contributed by atoms with Gasteiger partial charge in [0, 0.05) is 16.9 Å². The summed E-state index contributed by atoms with van der Waals surface area (Å²) in [5, 5.41) is 6.78. The van der Waals surface area contributed by atoms with E-state index in [0.29, 0.717) is 33.5 Å². The number of aromatic nitrogens is 1. The zero-order valence-electron chi connectivity index (χ0n) is 18.2. The van der Waals surface area contributed by atoms with Gasteiger partial charge in [0.25, 0.3) is 10.0 Å². The Morgan fingerprint density at radius 2 is 1.97 bits per heavy atom. The molecule has 11 heteroatoms. The number of nitrogens with zero attached hydrogens (tertiary/aromatic N) is 1. The lowest BCUT2D eigenvalue weighted by Crippen LogP contribution is -2.14. The maximum Gasteiger partial charge on any atom is 0.271 e. The number of rotatable bonds is 9. The first kappa shape index (κ1) is 22.9. The molecule has 0 saturated heterocycles. The number of methoxy groups -OCH3 is 2. The van der Waals surface area contributed by atoms with Gasteiger partial charge in [0.1, 0.15) is 27.1 Å². The van der Waals surface area contributed by atoms with Crippen LogP contribution in [0, 0.1) is 12.8 Å². The lowest BCUT2D eigenvalue weighted by atomic mass is 10.2. The molecule has 0 spiro atoms. The van der Waals surface area contributed by atoms with E-state index < -0.39 is 10.0 Å². The van der Waals surface area contributed by atoms with Crippen molar-refractivity contribution >= 4 is 50.8 Å². The average Bonchev–Trinajstić information content (AvgIpc) is 3.44. The Kier molecular flexibility index (Phi) is 6.43. The van der Waals surface area contributed by atoms with E-state index in [-0.39, 0.29) is 21.7 Å². The first-order chi connectivity index (χ1) is 15.8. The van der Waals surface area contributed by atoms with Gasteiger partial charge in [0.2, 0.25) is 5.91 Å². The Labute approximate surface area is 195 Å². The molecule has 2 aromatic heterocycles. The number of anilines is 2. The number of benzene rings is 1. The maximum atomic E-state index is 12.9. The summed E-state index contributed by atoms with van der Waals surface area (Å²) < 4.78 is 44.2. The van der Waals surface area contributed by atoms with Gasteiger partial charge in [0.05, 0.1) is 19.9 Å². The minimum absolute atomic E-state index is 0.0421. The smallest absolute Gasteiger partial charge is 0.271 e. The van der Waals surface area contributed by atoms with Gasteiger partial charge in [-0.15, -0.1) is 11.3 Å². The van der Waals surface area contributed by atoms with E-state index in [0.717, 1.165) is 24.2 Å². The molecule has 2 heterocycles. The van der Waals surface area contributed by atoms with Crippen LogP contribution in [0.3, 0.4) is 0 Å². The quantitative estimate of drug-likeness (QED) is 0.458. The molecular formula is C22H23N3O6S2. The molecule has 1 saturated carbocycles. The third-order valence-corrected chi connectivity index (χ3v) is 7.91. The Hall–Kier alpha value is -3.31. The summed E-state index contributed by atoms with van der Waals surface area (Å²) in [6.07, 6.45) is 5.15. The first-order valence-corrected chi connectivity index (χ1v) is 12.4. The standard InChI is InChI=1S/C22H23N3O6S2/c1-13-21(23-22(26)14-4-5-14)19(31-24-13)10-7-16-8-11-20(32-16)33(27,28)25-17-12-15(29-2)6-9-18(17)30-3/h6-12,14,25H,4-5H2,1-3H3,(H,23,26). The summed E-state index contributed by atoms with van der Waals surface area (Å²) in [7, 11) is -0.894. The fourth-order valence-corrected chi connectivity index (χ4v) is 5.33. The highest BCUT2D eigenvalue weighted by atomic mass is 32.2. The predicted octanol–water partition coefficient (Wildman–Crippen LogP) is 4.38. The summed E-state index contributed by atoms with van der Waals surface area (Å²) in [6, 6.07) is 8.05. The van der Waals surface area contributed by atoms with Gasteiger partial charge in [-0.05, 0) is 56.2 Å². The highest BCUT2D eigenvalue weighted by Crippen LogP contribution is 2.34. The normalized spacial score (nSPS) is 13.8. The number of hydrogen-bond donors (Lipinski definition) is 2. The zero-order chi connectivity index (χ0) is 23.6. The fourth-order valence-electron chi connectivity index (χ4n) is 3.04. The van der Waals surface area contributed by atoms with Crippen molar-refractivity contribution in [2.75, 3.05) is 24.3 Å². The van der Waals surface area contributed by atoms with Crippen molar-refractivity contribution in [3.8, 4) is 11.5 Å². The lowest BCUT2D eigenvalue weighted by molar-refractivity contribution is -0.117. The van der Waals surface area contributed by atoms with Crippen LogP contribution < -0.4 is 19.5 Å². The van der Waals surface area contributed by atoms with Gasteiger partial charge < -0.3 is 19.3 Å². The Morgan fingerprint density at radius 3 is 2.67 bits per heavy atom. The van der Waals surface area contributed by atoms with E-state index in [4.69, 9.17) is 14.0 Å². The van der Waals surface area contributed by atoms with Crippen molar-refractivity contribution in [2.24, 2.45) is 5.92 Å². The molecule has 1 aliphatic carbocycles. The van der Waals surface area contributed by atoms with Crippen LogP contribution in [0.25, 0.3) is 12.2 Å². The summed E-state index contributed by atoms with van der Waals surface area (Å²) in [5.41, 5.74) is 1.38. The third kappa shape index (κ3) is 5.20. The molecule has 33 heavy (non-hydrogen) atoms. The Morgan fingerprint density at radius 1 is 1.18 bits per heavy atom. The molecule has 0 bridgehead atoms. The summed E-state index contributed by atoms with van der Waals surface area (Å²) in [6.45, 7) is 1.75. The van der Waals surface area contributed by atoms with Crippen LogP contribution in [0.4, 0.5) is 11.4 Å². The average molecular weight is 490 g/mol. The van der Waals surface area contributed by atoms with Crippen LogP contribution in [-0.4, -0.2) is 33.7 Å². The van der Waals surface area contributed by atoms with Crippen molar-refractivity contribution in [1.29, 1.82) is 0 Å². The minimum Gasteiger partial charge on any atom is -0.497 e. The monoisotopic (exact) mass is 489 g/mol. The molecule has 0 aliphatic heterocycles. The van der Waals surface area contributed by atoms with E-state index in [1.807, 2.05) is 0 Å². The van der Waals surface area contributed by atoms with Gasteiger partial charge in [-0.3, -0.25) is 9.52 Å². The van der Waals surface area contributed by atoms with Gasteiger partial charge in [-0.2, -0.15) is 0 Å². The molecule has 0 unspecified atom stereocenters. The summed E-state index contributed by atoms with van der Waals surface area (Å²) >= 11 is 1.08. The summed E-state index contributed by atoms with van der Waals surface area (Å²) in [5.74, 6) is 1.28. The summed E-state index contributed by atoms with van der Waals surface area (Å²) in [4.78, 5) is 12.8. The number of sulfonamides is 1. The van der Waals surface area contributed by atoms with Gasteiger partial charge >= 0.3 is 0 Å². The highest BCUT2D eigenvalue weighted by molar-refractivity contribution is 7.94. The predicted molar refractivity (Wildman–Crippen MR) is 126 cm³/mol. The third-order valence-electron chi connectivity index (χ3n) is 5.00. The van der Waals surface area contributed by atoms with Crippen LogP contribution >= 0.6 is 11.3 Å². The number of ether oxygens (including phenoxy) is 2. The topological polar surface area (TPSA) is 120 Å². The molecule has 3 aromatic rings. The van der Waals surface area contributed by atoms with Crippen LogP contribution in [-0.2, 0) is 14.8 Å².